The van der Waals surface area contributed by atoms with E-state index in [1.807, 2.05) is 0 Å². The van der Waals surface area contributed by atoms with Gasteiger partial charge in [0.1, 0.15) is 23.9 Å². The van der Waals surface area contributed by atoms with Crippen LogP contribution in [0.4, 0.5) is 36.7 Å². The van der Waals surface area contributed by atoms with Crippen molar-refractivity contribution in [2.75, 3.05) is 24.2 Å². The van der Waals surface area contributed by atoms with E-state index >= 15 is 8.78 Å². The Hall–Kier alpha value is -4.91. The molecular weight excluding hydrogens is 772 g/mol. The van der Waals surface area contributed by atoms with Crippen molar-refractivity contribution in [2.45, 2.75) is 68.0 Å². The number of ketones is 1. The summed E-state index contributed by atoms with van der Waals surface area (Å²) < 4.78 is 128. The Morgan fingerprint density at radius 1 is 1.07 bits per heavy atom. The number of aliphatic hydroxyl groups is 1. The molecule has 296 valence electrons. The Morgan fingerprint density at radius 2 is 1.77 bits per heavy atom. The highest BCUT2D eigenvalue weighted by molar-refractivity contribution is 7.89. The molecule has 1 saturated heterocycles. The summed E-state index contributed by atoms with van der Waals surface area (Å²) in [5.41, 5.74) is -2.33. The lowest BCUT2D eigenvalue weighted by Crippen LogP contribution is -2.60. The molecule has 11 nitrogen and oxygen atoms in total. The third-order valence-corrected chi connectivity index (χ3v) is 11.4. The van der Waals surface area contributed by atoms with E-state index in [9.17, 15) is 40.3 Å². The summed E-state index contributed by atoms with van der Waals surface area (Å²) in [6.45, 7) is 0.937. The van der Waals surface area contributed by atoms with Crippen LogP contribution in [0.5, 0.6) is 0 Å². The Kier molecular flexibility index (Phi) is 8.69. The molecule has 19 heteroatoms. The molecular formula is C37H34F7N7O4S. The molecule has 3 atom stereocenters. The first-order valence-corrected chi connectivity index (χ1v) is 19.7. The Labute approximate surface area is 315 Å². The fraction of sp³-hybridized carbons (Fsp3) is 0.432. The van der Waals surface area contributed by atoms with Gasteiger partial charge in [0.05, 0.1) is 41.3 Å². The molecule has 4 heterocycles. The SMILES string of the molecule is Cn1nc(CS(C)(=O)=O)c2cccc(-c3cnc(N4CC(C)(O)C4)nc3[C@@H](CC(=O)Cn3nc(C(F)(F)F)c4c3C(F)(F)[C@@H]3C[C@H]43)Cc3cc(F)cc(F)c3)c21. The van der Waals surface area contributed by atoms with Gasteiger partial charge in [-0.2, -0.15) is 32.1 Å². The van der Waals surface area contributed by atoms with Gasteiger partial charge in [0.25, 0.3) is 5.92 Å². The number of hydrogen-bond acceptors (Lipinski definition) is 9. The molecule has 3 aliphatic rings. The van der Waals surface area contributed by atoms with Gasteiger partial charge in [-0.3, -0.25) is 14.2 Å². The zero-order chi connectivity index (χ0) is 40.3. The first kappa shape index (κ1) is 38.0. The summed E-state index contributed by atoms with van der Waals surface area (Å²) in [7, 11) is -1.92. The van der Waals surface area contributed by atoms with Crippen LogP contribution in [0.2, 0.25) is 0 Å². The van der Waals surface area contributed by atoms with Crippen LogP contribution in [0.1, 0.15) is 65.5 Å². The lowest BCUT2D eigenvalue weighted by Gasteiger charge is -2.44. The predicted octanol–water partition coefficient (Wildman–Crippen LogP) is 5.83. The number of fused-ring (bicyclic) bond motifs is 4. The van der Waals surface area contributed by atoms with E-state index < -0.39 is 92.6 Å². The van der Waals surface area contributed by atoms with E-state index in [1.54, 1.807) is 37.1 Å². The summed E-state index contributed by atoms with van der Waals surface area (Å²) >= 11 is 0. The maximum atomic E-state index is 15.4. The number of β-amino-alcohol motifs (C(OH)–C–C–N with tert-alkyl or cyclic N) is 1. The van der Waals surface area contributed by atoms with Crippen LogP contribution in [0.3, 0.4) is 0 Å². The number of carbonyl (C=O) groups excluding carboxylic acids is 1. The minimum absolute atomic E-state index is 0.0958. The summed E-state index contributed by atoms with van der Waals surface area (Å²) in [5.74, 6) is -9.94. The molecule has 0 bridgehead atoms. The Balaban J connectivity index is 1.25. The van der Waals surface area contributed by atoms with Gasteiger partial charge in [-0.1, -0.05) is 18.2 Å². The summed E-state index contributed by atoms with van der Waals surface area (Å²) in [5, 5.41) is 18.9. The van der Waals surface area contributed by atoms with Crippen molar-refractivity contribution in [1.29, 1.82) is 0 Å². The average molecular weight is 806 g/mol. The van der Waals surface area contributed by atoms with E-state index in [-0.39, 0.29) is 54.6 Å². The molecule has 0 amide bonds. The van der Waals surface area contributed by atoms with Gasteiger partial charge in [0.2, 0.25) is 5.95 Å². The molecule has 2 aromatic carbocycles. The highest BCUT2D eigenvalue weighted by Crippen LogP contribution is 2.68. The number of benzene rings is 2. The minimum Gasteiger partial charge on any atom is -0.386 e. The van der Waals surface area contributed by atoms with E-state index in [4.69, 9.17) is 4.98 Å². The van der Waals surface area contributed by atoms with Crippen molar-refractivity contribution in [2.24, 2.45) is 13.0 Å². The van der Waals surface area contributed by atoms with Crippen molar-refractivity contribution >= 4 is 32.5 Å². The molecule has 0 unspecified atom stereocenters. The zero-order valence-corrected chi connectivity index (χ0v) is 30.9. The molecule has 0 spiro atoms. The minimum atomic E-state index is -5.04. The first-order chi connectivity index (χ1) is 26.1. The van der Waals surface area contributed by atoms with E-state index in [1.165, 1.54) is 10.9 Å². The lowest BCUT2D eigenvalue weighted by molar-refractivity contribution is -0.142. The third-order valence-electron chi connectivity index (χ3n) is 10.6. The third kappa shape index (κ3) is 6.81. The normalized spacial score (nSPS) is 20.2. The van der Waals surface area contributed by atoms with Crippen molar-refractivity contribution in [3.05, 3.63) is 88.1 Å². The average Bonchev–Trinajstić information content (AvgIpc) is 3.61. The zero-order valence-electron chi connectivity index (χ0n) is 30.1. The van der Waals surface area contributed by atoms with Crippen LogP contribution >= 0.6 is 0 Å². The molecule has 5 aromatic rings. The van der Waals surface area contributed by atoms with Gasteiger partial charge in [-0.05, 0) is 43.4 Å². The number of aromatic nitrogens is 6. The van der Waals surface area contributed by atoms with Gasteiger partial charge in [0.15, 0.2) is 21.3 Å². The fourth-order valence-corrected chi connectivity index (χ4v) is 9.04. The van der Waals surface area contributed by atoms with Gasteiger partial charge in [0, 0.05) is 65.9 Å². The quantitative estimate of drug-likeness (QED) is 0.164. The molecule has 0 radical (unpaired) electrons. The smallest absolute Gasteiger partial charge is 0.386 e. The second-order valence-electron chi connectivity index (χ2n) is 15.4. The van der Waals surface area contributed by atoms with Crippen LogP contribution in [-0.4, -0.2) is 73.8 Å². The van der Waals surface area contributed by atoms with E-state index in [2.05, 4.69) is 15.2 Å². The number of alkyl halides is 5. The van der Waals surface area contributed by atoms with Crippen LogP contribution in [0.25, 0.3) is 22.0 Å². The number of Topliss-reactive ketones (excluding diaryl/α,β-unsaturated/α-hetero) is 1. The molecule has 2 aliphatic carbocycles. The largest absolute Gasteiger partial charge is 0.435 e. The van der Waals surface area contributed by atoms with Gasteiger partial charge < -0.3 is 10.0 Å². The second-order valence-corrected chi connectivity index (χ2v) is 17.6. The van der Waals surface area contributed by atoms with Gasteiger partial charge in [-0.15, -0.1) is 0 Å². The molecule has 8 rings (SSSR count). The number of anilines is 1. The van der Waals surface area contributed by atoms with Crippen molar-refractivity contribution in [1.82, 2.24) is 29.5 Å². The van der Waals surface area contributed by atoms with E-state index in [0.717, 1.165) is 18.4 Å². The predicted molar refractivity (Wildman–Crippen MR) is 188 cm³/mol. The summed E-state index contributed by atoms with van der Waals surface area (Å²) in [6, 6.07) is 7.78. The molecule has 1 N–H and O–H groups in total. The van der Waals surface area contributed by atoms with Crippen molar-refractivity contribution < 1.29 is 49.1 Å². The monoisotopic (exact) mass is 805 g/mol. The number of carbonyl (C=O) groups is 1. The highest BCUT2D eigenvalue weighted by Gasteiger charge is 2.68. The van der Waals surface area contributed by atoms with Gasteiger partial charge in [-0.25, -0.2) is 27.2 Å². The molecule has 2 fully saturated rings. The lowest BCUT2D eigenvalue weighted by atomic mass is 9.86. The maximum Gasteiger partial charge on any atom is 0.435 e. The van der Waals surface area contributed by atoms with Crippen LogP contribution < -0.4 is 4.90 Å². The number of nitrogens with zero attached hydrogens (tertiary/aromatic N) is 7. The highest BCUT2D eigenvalue weighted by atomic mass is 32.2. The van der Waals surface area contributed by atoms with Crippen molar-refractivity contribution in [3.63, 3.8) is 0 Å². The molecule has 3 aromatic heterocycles. The molecule has 1 aliphatic heterocycles. The molecule has 1 saturated carbocycles. The fourth-order valence-electron chi connectivity index (χ4n) is 8.33. The van der Waals surface area contributed by atoms with Gasteiger partial charge >= 0.3 is 6.18 Å². The Bertz CT molecular complexity index is 2520. The Morgan fingerprint density at radius 3 is 2.41 bits per heavy atom. The number of hydrogen-bond donors (Lipinski definition) is 1. The number of aryl methyl sites for hydroxylation is 1. The van der Waals surface area contributed by atoms with Crippen LogP contribution in [0, 0.1) is 17.6 Å². The summed E-state index contributed by atoms with van der Waals surface area (Å²) in [6.07, 6.45) is -3.44. The number of rotatable bonds is 11. The van der Waals surface area contributed by atoms with Crippen LogP contribution in [-0.2, 0) is 52.5 Å². The standard InChI is InChI=1S/C37H34F7N7O4S/c1-35(53)16-50(17-35)34-45-13-26(23-5-4-6-24-28(15-56(3,54)55)47-49(2)31(23)24)30(46-34)19(7-18-8-20(38)11-21(39)9-18)10-22(52)14-51-33-29(32(48-51)37(42,43)44)25-12-27(25)36(33,40)41/h4-6,8-9,11,13,19,25,27,53H,7,10,12,14-17H2,1-3H3/t19-,25+,27-/m1/s1. The summed E-state index contributed by atoms with van der Waals surface area (Å²) in [4.78, 5) is 25.0. The van der Waals surface area contributed by atoms with E-state index in [0.29, 0.717) is 32.8 Å². The first-order valence-electron chi connectivity index (χ1n) is 17.6. The van der Waals surface area contributed by atoms with Crippen molar-refractivity contribution in [3.8, 4) is 11.1 Å². The topological polar surface area (TPSA) is 136 Å². The number of para-hydroxylation sites is 1. The van der Waals surface area contributed by atoms with Crippen LogP contribution in [0.15, 0.2) is 42.6 Å². The maximum absolute atomic E-state index is 15.4. The second kappa shape index (κ2) is 12.8. The number of halogens is 7. The molecule has 56 heavy (non-hydrogen) atoms. The number of sulfone groups is 1.